The van der Waals surface area contributed by atoms with Crippen molar-refractivity contribution in [3.8, 4) is 0 Å². The molecule has 0 aromatic heterocycles. The van der Waals surface area contributed by atoms with Gasteiger partial charge in [0.25, 0.3) is 0 Å². The van der Waals surface area contributed by atoms with Crippen LogP contribution in [0.25, 0.3) is 0 Å². The summed E-state index contributed by atoms with van der Waals surface area (Å²) in [5.74, 6) is 0.884. The molecule has 0 atom stereocenters. The molecule has 2 rings (SSSR count). The van der Waals surface area contributed by atoms with Gasteiger partial charge in [-0.05, 0) is 24.0 Å². The Hall–Kier alpha value is -0.980. The van der Waals surface area contributed by atoms with E-state index in [0.717, 1.165) is 12.5 Å². The molecule has 0 spiro atoms. The van der Waals surface area contributed by atoms with E-state index in [9.17, 15) is 0 Å². The molecular formula is C13H21N. The molecule has 1 nitrogen and oxygen atoms in total. The first-order valence-electron chi connectivity index (χ1n) is 5.55. The topological polar surface area (TPSA) is 12.0 Å². The zero-order valence-electron chi connectivity index (χ0n) is 9.51. The second-order valence-corrected chi connectivity index (χ2v) is 4.14. The predicted molar refractivity (Wildman–Crippen MR) is 63.8 cm³/mol. The molecule has 14 heavy (non-hydrogen) atoms. The Balaban J connectivity index is 0.000000171. The lowest BCUT2D eigenvalue weighted by Gasteiger charge is -1.94. The number of anilines is 1. The third kappa shape index (κ3) is 3.41. The van der Waals surface area contributed by atoms with E-state index in [-0.39, 0.29) is 0 Å². The maximum absolute atomic E-state index is 3.30. The van der Waals surface area contributed by atoms with Crippen molar-refractivity contribution in [3.63, 3.8) is 0 Å². The zero-order valence-corrected chi connectivity index (χ0v) is 9.51. The fourth-order valence-electron chi connectivity index (χ4n) is 1.24. The summed E-state index contributed by atoms with van der Waals surface area (Å²) in [7, 11) is 0. The van der Waals surface area contributed by atoms with Gasteiger partial charge in [-0.15, -0.1) is 0 Å². The molecule has 0 radical (unpaired) electrons. The van der Waals surface area contributed by atoms with Crippen LogP contribution in [0.15, 0.2) is 24.3 Å². The van der Waals surface area contributed by atoms with Crippen LogP contribution in [0.2, 0.25) is 0 Å². The van der Waals surface area contributed by atoms with Gasteiger partial charge in [-0.1, -0.05) is 45.4 Å². The molecule has 0 saturated heterocycles. The average Bonchev–Trinajstić information content (AvgIpc) is 2.66. The molecule has 1 heteroatoms. The van der Waals surface area contributed by atoms with Crippen molar-refractivity contribution in [2.45, 2.75) is 33.6 Å². The smallest absolute Gasteiger partial charge is 0.0373 e. The maximum atomic E-state index is 3.30. The van der Waals surface area contributed by atoms with Crippen molar-refractivity contribution >= 4 is 5.69 Å². The minimum absolute atomic E-state index is 0.884. The monoisotopic (exact) mass is 191 g/mol. The van der Waals surface area contributed by atoms with Crippen molar-refractivity contribution in [1.82, 2.24) is 0 Å². The predicted octanol–water partition coefficient (Wildman–Crippen LogP) is 3.71. The van der Waals surface area contributed by atoms with Crippen LogP contribution in [0.5, 0.6) is 0 Å². The van der Waals surface area contributed by atoms with E-state index in [4.69, 9.17) is 0 Å². The van der Waals surface area contributed by atoms with Gasteiger partial charge in [-0.2, -0.15) is 0 Å². The molecule has 0 amide bonds. The van der Waals surface area contributed by atoms with E-state index in [1.807, 2.05) is 0 Å². The minimum atomic E-state index is 0.884. The SMILES string of the molecule is CCC(C)C.c1ccc2c(c1)CCN2. The van der Waals surface area contributed by atoms with Crippen LogP contribution in [0.3, 0.4) is 0 Å². The Bertz CT molecular complexity index is 243. The van der Waals surface area contributed by atoms with E-state index < -0.39 is 0 Å². The number of para-hydroxylation sites is 1. The van der Waals surface area contributed by atoms with Gasteiger partial charge in [0.05, 0.1) is 0 Å². The van der Waals surface area contributed by atoms with Gasteiger partial charge in [-0.3, -0.25) is 0 Å². The number of fused-ring (bicyclic) bond motifs is 1. The molecule has 0 bridgehead atoms. The Kier molecular flexibility index (Phi) is 4.51. The Morgan fingerprint density at radius 3 is 2.50 bits per heavy atom. The van der Waals surface area contributed by atoms with Gasteiger partial charge >= 0.3 is 0 Å². The minimum Gasteiger partial charge on any atom is -0.384 e. The summed E-state index contributed by atoms with van der Waals surface area (Å²) in [6, 6.07) is 8.46. The summed E-state index contributed by atoms with van der Waals surface area (Å²) >= 11 is 0. The lowest BCUT2D eigenvalue weighted by atomic mass is 10.2. The number of rotatable bonds is 1. The normalized spacial score (nSPS) is 12.9. The first-order chi connectivity index (χ1) is 6.74. The molecule has 1 heterocycles. The van der Waals surface area contributed by atoms with Crippen LogP contribution < -0.4 is 5.32 Å². The molecule has 0 fully saturated rings. The largest absolute Gasteiger partial charge is 0.384 e. The van der Waals surface area contributed by atoms with E-state index in [0.29, 0.717) is 0 Å². The summed E-state index contributed by atoms with van der Waals surface area (Å²) in [5, 5.41) is 3.30. The molecule has 1 aliphatic rings. The molecular weight excluding hydrogens is 170 g/mol. The number of nitrogens with one attached hydrogen (secondary N) is 1. The highest BCUT2D eigenvalue weighted by atomic mass is 14.9. The van der Waals surface area contributed by atoms with Crippen LogP contribution in [0.4, 0.5) is 5.69 Å². The number of hydrogen-bond donors (Lipinski definition) is 1. The Morgan fingerprint density at radius 2 is 1.93 bits per heavy atom. The van der Waals surface area contributed by atoms with Crippen molar-refractivity contribution in [3.05, 3.63) is 29.8 Å². The lowest BCUT2D eigenvalue weighted by molar-refractivity contribution is 0.626. The van der Waals surface area contributed by atoms with Crippen LogP contribution in [-0.4, -0.2) is 6.54 Å². The first-order valence-corrected chi connectivity index (χ1v) is 5.55. The van der Waals surface area contributed by atoms with E-state index in [1.165, 1.54) is 24.1 Å². The molecule has 1 N–H and O–H groups in total. The molecule has 0 unspecified atom stereocenters. The first kappa shape index (κ1) is 11.1. The molecule has 0 aliphatic carbocycles. The van der Waals surface area contributed by atoms with Crippen LogP contribution >= 0.6 is 0 Å². The van der Waals surface area contributed by atoms with Crippen molar-refractivity contribution in [1.29, 1.82) is 0 Å². The second-order valence-electron chi connectivity index (χ2n) is 4.14. The fraction of sp³-hybridized carbons (Fsp3) is 0.538. The summed E-state index contributed by atoms with van der Waals surface area (Å²) in [6.45, 7) is 7.75. The highest BCUT2D eigenvalue weighted by molar-refractivity contribution is 5.54. The highest BCUT2D eigenvalue weighted by Gasteiger charge is 2.05. The third-order valence-corrected chi connectivity index (χ3v) is 2.54. The van der Waals surface area contributed by atoms with E-state index in [1.54, 1.807) is 0 Å². The van der Waals surface area contributed by atoms with Crippen molar-refractivity contribution in [2.24, 2.45) is 5.92 Å². The molecule has 0 saturated carbocycles. The summed E-state index contributed by atoms with van der Waals surface area (Å²) < 4.78 is 0. The van der Waals surface area contributed by atoms with Gasteiger partial charge in [0.2, 0.25) is 0 Å². The van der Waals surface area contributed by atoms with Gasteiger partial charge in [0.15, 0.2) is 0 Å². The lowest BCUT2D eigenvalue weighted by Crippen LogP contribution is -1.90. The standard InChI is InChI=1S/C8H9N.C5H12/c1-2-4-8-7(3-1)5-6-9-8;1-4-5(2)3/h1-4,9H,5-6H2;5H,4H2,1-3H3. The fourth-order valence-corrected chi connectivity index (χ4v) is 1.24. The highest BCUT2D eigenvalue weighted by Crippen LogP contribution is 2.19. The zero-order chi connectivity index (χ0) is 10.4. The Labute approximate surface area is 87.5 Å². The molecule has 1 aromatic rings. The number of hydrogen-bond acceptors (Lipinski definition) is 1. The van der Waals surface area contributed by atoms with Gasteiger partial charge in [0.1, 0.15) is 0 Å². The van der Waals surface area contributed by atoms with Gasteiger partial charge in [-0.25, -0.2) is 0 Å². The molecule has 1 aliphatic heterocycles. The van der Waals surface area contributed by atoms with Crippen LogP contribution in [0, 0.1) is 5.92 Å². The van der Waals surface area contributed by atoms with Gasteiger partial charge in [0, 0.05) is 12.2 Å². The number of benzene rings is 1. The maximum Gasteiger partial charge on any atom is 0.0373 e. The Morgan fingerprint density at radius 1 is 1.29 bits per heavy atom. The summed E-state index contributed by atoms with van der Waals surface area (Å²) in [5.41, 5.74) is 2.77. The van der Waals surface area contributed by atoms with Crippen LogP contribution in [0.1, 0.15) is 32.8 Å². The summed E-state index contributed by atoms with van der Waals surface area (Å²) in [6.07, 6.45) is 2.50. The summed E-state index contributed by atoms with van der Waals surface area (Å²) in [4.78, 5) is 0. The third-order valence-electron chi connectivity index (χ3n) is 2.54. The van der Waals surface area contributed by atoms with Crippen LogP contribution in [-0.2, 0) is 6.42 Å². The van der Waals surface area contributed by atoms with Crippen molar-refractivity contribution in [2.75, 3.05) is 11.9 Å². The quantitative estimate of drug-likeness (QED) is 0.713. The van der Waals surface area contributed by atoms with Gasteiger partial charge < -0.3 is 5.32 Å². The molecule has 78 valence electrons. The average molecular weight is 191 g/mol. The van der Waals surface area contributed by atoms with Crippen molar-refractivity contribution < 1.29 is 0 Å². The van der Waals surface area contributed by atoms with E-state index in [2.05, 4.69) is 50.4 Å². The van der Waals surface area contributed by atoms with E-state index >= 15 is 0 Å². The second kappa shape index (κ2) is 5.69. The molecule has 1 aromatic carbocycles.